The lowest BCUT2D eigenvalue weighted by molar-refractivity contribution is -0.130. The quantitative estimate of drug-likeness (QED) is 0.824. The molecule has 3 N–H and O–H groups in total. The Bertz CT molecular complexity index is 813. The van der Waals surface area contributed by atoms with E-state index >= 15 is 0 Å². The highest BCUT2D eigenvalue weighted by Crippen LogP contribution is 2.40. The number of nitrogens with one attached hydrogen (secondary N) is 1. The summed E-state index contributed by atoms with van der Waals surface area (Å²) in [6.45, 7) is 1.39. The van der Waals surface area contributed by atoms with Gasteiger partial charge in [-0.15, -0.1) is 5.10 Å². The van der Waals surface area contributed by atoms with Gasteiger partial charge < -0.3 is 15.8 Å². The van der Waals surface area contributed by atoms with Gasteiger partial charge in [-0.25, -0.2) is 0 Å². The second kappa shape index (κ2) is 6.94. The Morgan fingerprint density at radius 2 is 2.15 bits per heavy atom. The molecule has 1 saturated carbocycles. The minimum Gasteiger partial charge on any atom is -0.381 e. The Kier molecular flexibility index (Phi) is 4.64. The van der Waals surface area contributed by atoms with E-state index in [0.717, 1.165) is 18.7 Å². The average Bonchev–Trinajstić information content (AvgIpc) is 3.40. The van der Waals surface area contributed by atoms with Gasteiger partial charge in [-0.2, -0.15) is 4.68 Å². The van der Waals surface area contributed by atoms with E-state index < -0.39 is 5.41 Å². The van der Waals surface area contributed by atoms with Crippen molar-refractivity contribution in [3.05, 3.63) is 29.0 Å². The van der Waals surface area contributed by atoms with E-state index in [-0.39, 0.29) is 5.91 Å². The van der Waals surface area contributed by atoms with Crippen LogP contribution in [-0.2, 0) is 9.53 Å². The van der Waals surface area contributed by atoms with Crippen molar-refractivity contribution in [2.24, 2.45) is 11.1 Å². The highest BCUT2D eigenvalue weighted by Gasteiger charge is 2.39. The number of carbonyl (C=O) groups excluding carboxylic acids is 1. The van der Waals surface area contributed by atoms with Gasteiger partial charge in [0.25, 0.3) is 0 Å². The zero-order valence-electron chi connectivity index (χ0n) is 14.3. The molecule has 0 unspecified atom stereocenters. The number of ether oxygens (including phenoxy) is 1. The van der Waals surface area contributed by atoms with E-state index in [1.807, 2.05) is 0 Å². The lowest BCUT2D eigenvalue weighted by Crippen LogP contribution is -2.46. The third-order valence-electron chi connectivity index (χ3n) is 5.19. The largest absolute Gasteiger partial charge is 0.381 e. The van der Waals surface area contributed by atoms with Gasteiger partial charge in [-0.1, -0.05) is 11.6 Å². The molecule has 2 aliphatic rings. The summed E-state index contributed by atoms with van der Waals surface area (Å²) in [5, 5.41) is 15.5. The van der Waals surface area contributed by atoms with E-state index in [0.29, 0.717) is 54.9 Å². The lowest BCUT2D eigenvalue weighted by Gasteiger charge is -2.34. The zero-order chi connectivity index (χ0) is 18.1. The van der Waals surface area contributed by atoms with E-state index in [2.05, 4.69) is 20.8 Å². The fourth-order valence-corrected chi connectivity index (χ4v) is 3.46. The van der Waals surface area contributed by atoms with Crippen LogP contribution in [0.1, 0.15) is 37.4 Å². The Morgan fingerprint density at radius 1 is 1.38 bits per heavy atom. The topological polar surface area (TPSA) is 108 Å². The SMILES string of the molecule is NCC1(C(=O)Nc2ccc(Cl)c(-n3nnnc3C3CC3)c2)CCOCC1. The maximum atomic E-state index is 12.9. The van der Waals surface area contributed by atoms with Crippen LogP contribution >= 0.6 is 11.6 Å². The Labute approximate surface area is 156 Å². The van der Waals surface area contributed by atoms with E-state index in [9.17, 15) is 4.79 Å². The number of carbonyl (C=O) groups is 1. The van der Waals surface area contributed by atoms with Crippen LogP contribution in [0.5, 0.6) is 0 Å². The number of hydrogen-bond acceptors (Lipinski definition) is 6. The third kappa shape index (κ3) is 3.20. The molecule has 2 fully saturated rings. The van der Waals surface area contributed by atoms with Crippen LogP contribution in [0.25, 0.3) is 5.69 Å². The van der Waals surface area contributed by atoms with Crippen molar-refractivity contribution in [2.75, 3.05) is 25.1 Å². The van der Waals surface area contributed by atoms with E-state index in [4.69, 9.17) is 22.1 Å². The van der Waals surface area contributed by atoms with Crippen molar-refractivity contribution in [3.63, 3.8) is 0 Å². The van der Waals surface area contributed by atoms with Crippen LogP contribution in [0.2, 0.25) is 5.02 Å². The number of nitrogens with zero attached hydrogens (tertiary/aromatic N) is 4. The number of anilines is 1. The number of nitrogens with two attached hydrogens (primary N) is 1. The molecule has 4 rings (SSSR count). The van der Waals surface area contributed by atoms with Gasteiger partial charge in [0.1, 0.15) is 0 Å². The summed E-state index contributed by atoms with van der Waals surface area (Å²) in [5.41, 5.74) is 6.63. The predicted octanol–water partition coefficient (Wildman–Crippen LogP) is 1.89. The second-order valence-electron chi connectivity index (χ2n) is 6.94. The fourth-order valence-electron chi connectivity index (χ4n) is 3.26. The molecule has 0 spiro atoms. The van der Waals surface area contributed by atoms with Crippen LogP contribution in [0.4, 0.5) is 5.69 Å². The summed E-state index contributed by atoms with van der Waals surface area (Å²) in [7, 11) is 0. The molecule has 1 amide bonds. The standard InChI is InChI=1S/C17H21ClN6O2/c18-13-4-3-12(20-16(25)17(10-19)5-7-26-8-6-17)9-14(13)24-15(11-1-2-11)21-22-23-24/h3-4,9,11H,1-2,5-8,10,19H2,(H,20,25). The molecule has 2 heterocycles. The van der Waals surface area contributed by atoms with Crippen molar-refractivity contribution < 1.29 is 9.53 Å². The highest BCUT2D eigenvalue weighted by atomic mass is 35.5. The molecule has 0 radical (unpaired) electrons. The van der Waals surface area contributed by atoms with Gasteiger partial charge in [-0.3, -0.25) is 4.79 Å². The molecular formula is C17H21ClN6O2. The fraction of sp³-hybridized carbons (Fsp3) is 0.529. The number of rotatable bonds is 5. The molecule has 26 heavy (non-hydrogen) atoms. The first-order valence-electron chi connectivity index (χ1n) is 8.80. The molecule has 1 aliphatic carbocycles. The smallest absolute Gasteiger partial charge is 0.232 e. The minimum absolute atomic E-state index is 0.0873. The van der Waals surface area contributed by atoms with Crippen molar-refractivity contribution >= 4 is 23.2 Å². The molecule has 138 valence electrons. The first-order valence-corrected chi connectivity index (χ1v) is 9.18. The van der Waals surface area contributed by atoms with Crippen LogP contribution in [0.3, 0.4) is 0 Å². The van der Waals surface area contributed by atoms with Crippen LogP contribution < -0.4 is 11.1 Å². The Hall–Kier alpha value is -2.03. The maximum absolute atomic E-state index is 12.9. The molecule has 0 bridgehead atoms. The van der Waals surface area contributed by atoms with Crippen molar-refractivity contribution in [3.8, 4) is 5.69 Å². The number of aromatic nitrogens is 4. The molecule has 9 heteroatoms. The van der Waals surface area contributed by atoms with E-state index in [1.54, 1.807) is 22.9 Å². The minimum atomic E-state index is -0.591. The monoisotopic (exact) mass is 376 g/mol. The van der Waals surface area contributed by atoms with Gasteiger partial charge in [0.05, 0.1) is 16.1 Å². The van der Waals surface area contributed by atoms with E-state index in [1.165, 1.54) is 0 Å². The zero-order valence-corrected chi connectivity index (χ0v) is 15.1. The Morgan fingerprint density at radius 3 is 2.85 bits per heavy atom. The lowest BCUT2D eigenvalue weighted by atomic mass is 9.79. The van der Waals surface area contributed by atoms with Gasteiger partial charge in [0.2, 0.25) is 5.91 Å². The summed E-state index contributed by atoms with van der Waals surface area (Å²) >= 11 is 6.36. The summed E-state index contributed by atoms with van der Waals surface area (Å²) in [5.74, 6) is 1.09. The van der Waals surface area contributed by atoms with Crippen LogP contribution in [0, 0.1) is 5.41 Å². The van der Waals surface area contributed by atoms with Gasteiger partial charge >= 0.3 is 0 Å². The molecule has 1 saturated heterocycles. The average molecular weight is 377 g/mol. The van der Waals surface area contributed by atoms with Gasteiger partial charge in [-0.05, 0) is 54.3 Å². The molecule has 1 aromatic carbocycles. The molecular weight excluding hydrogens is 356 g/mol. The number of benzene rings is 1. The van der Waals surface area contributed by atoms with Crippen molar-refractivity contribution in [1.29, 1.82) is 0 Å². The maximum Gasteiger partial charge on any atom is 0.232 e. The third-order valence-corrected chi connectivity index (χ3v) is 5.51. The highest BCUT2D eigenvalue weighted by molar-refractivity contribution is 6.32. The second-order valence-corrected chi connectivity index (χ2v) is 7.35. The first-order chi connectivity index (χ1) is 12.6. The number of hydrogen-bond donors (Lipinski definition) is 2. The molecule has 2 aromatic rings. The van der Waals surface area contributed by atoms with Crippen molar-refractivity contribution in [1.82, 2.24) is 20.2 Å². The number of amides is 1. The van der Waals surface area contributed by atoms with Crippen LogP contribution in [-0.4, -0.2) is 45.9 Å². The Balaban J connectivity index is 1.60. The normalized spacial score (nSPS) is 19.3. The summed E-state index contributed by atoms with van der Waals surface area (Å²) in [6, 6.07) is 5.31. The van der Waals surface area contributed by atoms with Crippen LogP contribution in [0.15, 0.2) is 18.2 Å². The number of halogens is 1. The van der Waals surface area contributed by atoms with Gasteiger partial charge in [0, 0.05) is 31.4 Å². The molecule has 0 atom stereocenters. The molecule has 8 nitrogen and oxygen atoms in total. The van der Waals surface area contributed by atoms with Crippen molar-refractivity contribution in [2.45, 2.75) is 31.6 Å². The molecule has 1 aliphatic heterocycles. The first kappa shape index (κ1) is 17.4. The van der Waals surface area contributed by atoms with Gasteiger partial charge in [0.15, 0.2) is 5.82 Å². The predicted molar refractivity (Wildman–Crippen MR) is 96.3 cm³/mol. The summed E-state index contributed by atoms with van der Waals surface area (Å²) in [4.78, 5) is 12.9. The summed E-state index contributed by atoms with van der Waals surface area (Å²) < 4.78 is 7.03. The number of tetrazole rings is 1. The summed E-state index contributed by atoms with van der Waals surface area (Å²) in [6.07, 6.45) is 3.40. The molecule has 1 aromatic heterocycles.